The molecule has 1 aliphatic rings. The predicted octanol–water partition coefficient (Wildman–Crippen LogP) is 2.90. The Morgan fingerprint density at radius 1 is 1.24 bits per heavy atom. The highest BCUT2D eigenvalue weighted by atomic mass is 16.4. The monoisotopic (exact) mass is 289 g/mol. The number of nitrogens with zero attached hydrogens (tertiary/aromatic N) is 1. The summed E-state index contributed by atoms with van der Waals surface area (Å²) >= 11 is 0. The second kappa shape index (κ2) is 5.17. The number of carboxylic acids is 1. The van der Waals surface area contributed by atoms with Crippen molar-refractivity contribution in [2.75, 3.05) is 0 Å². The molecule has 0 bridgehead atoms. The summed E-state index contributed by atoms with van der Waals surface area (Å²) in [5, 5.41) is 9.96. The number of hydrogen-bond donors (Lipinski definition) is 1. The molecule has 0 heterocycles. The Hall–Kier alpha value is -1.84. The van der Waals surface area contributed by atoms with Gasteiger partial charge in [0.15, 0.2) is 5.54 Å². The fourth-order valence-electron chi connectivity index (χ4n) is 3.45. The van der Waals surface area contributed by atoms with Gasteiger partial charge in [-0.05, 0) is 43.2 Å². The second-order valence-electron chi connectivity index (χ2n) is 6.70. The van der Waals surface area contributed by atoms with Crippen LogP contribution in [0.3, 0.4) is 0 Å². The molecule has 0 aromatic heterocycles. The van der Waals surface area contributed by atoms with Gasteiger partial charge in [0.25, 0.3) is 0 Å². The number of carboxylic acid groups (broad SMARTS) is 1. The molecule has 0 aliphatic heterocycles. The molecule has 1 aromatic carbocycles. The number of amides is 1. The van der Waals surface area contributed by atoms with Crippen LogP contribution in [0, 0.1) is 0 Å². The van der Waals surface area contributed by atoms with Crippen molar-refractivity contribution >= 4 is 12.4 Å². The first kappa shape index (κ1) is 15.5. The average Bonchev–Trinajstić information content (AvgIpc) is 2.42. The van der Waals surface area contributed by atoms with Crippen molar-refractivity contribution in [3.8, 4) is 0 Å². The molecule has 0 spiro atoms. The Bertz CT molecular complexity index is 565. The smallest absolute Gasteiger partial charge is 0.334 e. The fourth-order valence-corrected chi connectivity index (χ4v) is 3.45. The molecule has 4 nitrogen and oxygen atoms in total. The van der Waals surface area contributed by atoms with Gasteiger partial charge in [0, 0.05) is 6.04 Å². The lowest BCUT2D eigenvalue weighted by molar-refractivity contribution is -0.160. The molecule has 0 saturated carbocycles. The number of carbonyl (C=O) groups excluding carboxylic acids is 1. The minimum absolute atomic E-state index is 0.0823. The summed E-state index contributed by atoms with van der Waals surface area (Å²) in [6.45, 7) is 7.94. The van der Waals surface area contributed by atoms with Gasteiger partial charge >= 0.3 is 5.97 Å². The molecule has 0 radical (unpaired) electrons. The van der Waals surface area contributed by atoms with Crippen LogP contribution in [0.1, 0.15) is 51.7 Å². The molecule has 0 saturated heterocycles. The van der Waals surface area contributed by atoms with Crippen LogP contribution in [0.2, 0.25) is 0 Å². The van der Waals surface area contributed by atoms with Gasteiger partial charge in [-0.25, -0.2) is 4.79 Å². The molecule has 0 fully saturated rings. The van der Waals surface area contributed by atoms with Gasteiger partial charge in [-0.15, -0.1) is 0 Å². The van der Waals surface area contributed by atoms with E-state index in [0.29, 0.717) is 12.8 Å². The maximum Gasteiger partial charge on any atom is 0.334 e. The number of carbonyl (C=O) groups is 2. The molecule has 1 amide bonds. The lowest BCUT2D eigenvalue weighted by Crippen LogP contribution is -2.57. The molecule has 2 rings (SSSR count). The quantitative estimate of drug-likeness (QED) is 0.867. The van der Waals surface area contributed by atoms with Crippen molar-refractivity contribution in [1.29, 1.82) is 0 Å². The highest BCUT2D eigenvalue weighted by Crippen LogP contribution is 2.48. The van der Waals surface area contributed by atoms with E-state index in [0.717, 1.165) is 17.5 Å². The van der Waals surface area contributed by atoms with Gasteiger partial charge in [0.05, 0.1) is 0 Å². The SMILES string of the molecule is CC(C)N(C=O)C1(C(=O)O)CCC(C)(C)c2ccccc21. The Balaban J connectivity index is 2.74. The van der Waals surface area contributed by atoms with Crippen LogP contribution < -0.4 is 0 Å². The lowest BCUT2D eigenvalue weighted by Gasteiger charge is -2.48. The van der Waals surface area contributed by atoms with Gasteiger partial charge in [-0.1, -0.05) is 38.1 Å². The maximum absolute atomic E-state index is 12.2. The standard InChI is InChI=1S/C17H23NO3/c1-12(2)18(11-19)17(15(20)21)10-9-16(3,4)13-7-5-6-8-14(13)17/h5-8,11-12H,9-10H2,1-4H3,(H,20,21). The summed E-state index contributed by atoms with van der Waals surface area (Å²) in [5.74, 6) is -0.953. The summed E-state index contributed by atoms with van der Waals surface area (Å²) in [6.07, 6.45) is 1.84. The minimum Gasteiger partial charge on any atom is -0.479 e. The van der Waals surface area contributed by atoms with E-state index in [-0.39, 0.29) is 11.5 Å². The molecule has 4 heteroatoms. The van der Waals surface area contributed by atoms with Crippen molar-refractivity contribution in [3.05, 3.63) is 35.4 Å². The third-order valence-electron chi connectivity index (χ3n) is 4.68. The van der Waals surface area contributed by atoms with Crippen molar-refractivity contribution < 1.29 is 14.7 Å². The Labute approximate surface area is 125 Å². The van der Waals surface area contributed by atoms with Crippen LogP contribution in [-0.4, -0.2) is 28.4 Å². The molecule has 1 atom stereocenters. The Morgan fingerprint density at radius 2 is 1.81 bits per heavy atom. The molecule has 114 valence electrons. The third-order valence-corrected chi connectivity index (χ3v) is 4.68. The molecule has 1 N–H and O–H groups in total. The highest BCUT2D eigenvalue weighted by molar-refractivity contribution is 5.84. The molecular weight excluding hydrogens is 266 g/mol. The zero-order valence-corrected chi connectivity index (χ0v) is 13.1. The summed E-state index contributed by atoms with van der Waals surface area (Å²) in [5.41, 5.74) is 0.420. The van der Waals surface area contributed by atoms with Crippen molar-refractivity contribution in [2.24, 2.45) is 0 Å². The highest BCUT2D eigenvalue weighted by Gasteiger charge is 2.52. The van der Waals surface area contributed by atoms with E-state index in [2.05, 4.69) is 13.8 Å². The maximum atomic E-state index is 12.2. The van der Waals surface area contributed by atoms with E-state index in [4.69, 9.17) is 0 Å². The van der Waals surface area contributed by atoms with Gasteiger partial charge < -0.3 is 10.0 Å². The molecule has 1 aromatic rings. The van der Waals surface area contributed by atoms with E-state index in [1.54, 1.807) is 0 Å². The van der Waals surface area contributed by atoms with Gasteiger partial charge in [0.2, 0.25) is 6.41 Å². The van der Waals surface area contributed by atoms with Crippen molar-refractivity contribution in [2.45, 2.75) is 57.5 Å². The van der Waals surface area contributed by atoms with Gasteiger partial charge in [0.1, 0.15) is 0 Å². The van der Waals surface area contributed by atoms with Crippen molar-refractivity contribution in [3.63, 3.8) is 0 Å². The van der Waals surface area contributed by atoms with Crippen LogP contribution >= 0.6 is 0 Å². The van der Waals surface area contributed by atoms with Crippen LogP contribution in [0.4, 0.5) is 0 Å². The Kier molecular flexibility index (Phi) is 3.83. The average molecular weight is 289 g/mol. The number of hydrogen-bond acceptors (Lipinski definition) is 2. The van der Waals surface area contributed by atoms with E-state index in [1.165, 1.54) is 4.90 Å². The van der Waals surface area contributed by atoms with Gasteiger partial charge in [-0.3, -0.25) is 4.79 Å². The normalized spacial score (nSPS) is 23.5. The van der Waals surface area contributed by atoms with E-state index < -0.39 is 11.5 Å². The minimum atomic E-state index is -1.26. The zero-order chi connectivity index (χ0) is 15.8. The third kappa shape index (κ3) is 2.23. The number of benzene rings is 1. The first-order chi connectivity index (χ1) is 9.77. The molecular formula is C17H23NO3. The largest absolute Gasteiger partial charge is 0.479 e. The number of aliphatic carboxylic acids is 1. The summed E-state index contributed by atoms with van der Waals surface area (Å²) in [4.78, 5) is 25.2. The van der Waals surface area contributed by atoms with E-state index in [9.17, 15) is 14.7 Å². The lowest BCUT2D eigenvalue weighted by atomic mass is 9.64. The molecule has 21 heavy (non-hydrogen) atoms. The summed E-state index contributed by atoms with van der Waals surface area (Å²) < 4.78 is 0. The van der Waals surface area contributed by atoms with E-state index in [1.807, 2.05) is 38.1 Å². The van der Waals surface area contributed by atoms with Crippen molar-refractivity contribution in [1.82, 2.24) is 4.90 Å². The first-order valence-electron chi connectivity index (χ1n) is 7.34. The van der Waals surface area contributed by atoms with Crippen LogP contribution in [0.5, 0.6) is 0 Å². The first-order valence-corrected chi connectivity index (χ1v) is 7.34. The van der Waals surface area contributed by atoms with Crippen LogP contribution in [-0.2, 0) is 20.5 Å². The summed E-state index contributed by atoms with van der Waals surface area (Å²) in [6, 6.07) is 7.44. The molecule has 1 aliphatic carbocycles. The number of rotatable bonds is 4. The predicted molar refractivity (Wildman–Crippen MR) is 81.1 cm³/mol. The molecule has 1 unspecified atom stereocenters. The Morgan fingerprint density at radius 3 is 2.29 bits per heavy atom. The zero-order valence-electron chi connectivity index (χ0n) is 13.1. The fraction of sp³-hybridized carbons (Fsp3) is 0.529. The van der Waals surface area contributed by atoms with E-state index >= 15 is 0 Å². The summed E-state index contributed by atoms with van der Waals surface area (Å²) in [7, 11) is 0. The second-order valence-corrected chi connectivity index (χ2v) is 6.70. The number of fused-ring (bicyclic) bond motifs is 1. The topological polar surface area (TPSA) is 57.6 Å². The van der Waals surface area contributed by atoms with Gasteiger partial charge in [-0.2, -0.15) is 0 Å². The van der Waals surface area contributed by atoms with Crippen LogP contribution in [0.25, 0.3) is 0 Å². The van der Waals surface area contributed by atoms with Crippen LogP contribution in [0.15, 0.2) is 24.3 Å².